The van der Waals surface area contributed by atoms with Crippen LogP contribution < -0.4 is 22.5 Å². The maximum absolute atomic E-state index is 10.6. The van der Waals surface area contributed by atoms with Gasteiger partial charge in [-0.15, -0.1) is 0 Å². The van der Waals surface area contributed by atoms with E-state index in [0.29, 0.717) is 0 Å². The highest BCUT2D eigenvalue weighted by molar-refractivity contribution is 5.77. The lowest BCUT2D eigenvalue weighted by atomic mass is 10.1. The Kier molecular flexibility index (Phi) is 13.5. The summed E-state index contributed by atoms with van der Waals surface area (Å²) in [6, 6.07) is -0.836. The SMILES string of the molecule is CC(O)CNC(CCC(N)=O)C(=O)O.CCCC(N)N. The first-order chi connectivity index (χ1) is 9.20. The van der Waals surface area contributed by atoms with E-state index >= 15 is 0 Å². The molecule has 20 heavy (non-hydrogen) atoms. The fourth-order valence-electron chi connectivity index (χ4n) is 1.25. The Morgan fingerprint density at radius 2 is 1.80 bits per heavy atom. The van der Waals surface area contributed by atoms with Crippen molar-refractivity contribution in [2.45, 2.75) is 57.8 Å². The Morgan fingerprint density at radius 3 is 2.05 bits per heavy atom. The van der Waals surface area contributed by atoms with E-state index in [-0.39, 0.29) is 25.6 Å². The number of hydrogen-bond acceptors (Lipinski definition) is 6. The number of carboxylic acid groups (broad SMARTS) is 1. The average molecular weight is 292 g/mol. The van der Waals surface area contributed by atoms with Crippen molar-refractivity contribution in [3.05, 3.63) is 0 Å². The summed E-state index contributed by atoms with van der Waals surface area (Å²) in [6.45, 7) is 3.78. The molecule has 0 fully saturated rings. The van der Waals surface area contributed by atoms with Crippen molar-refractivity contribution < 1.29 is 19.8 Å². The predicted molar refractivity (Wildman–Crippen MR) is 76.6 cm³/mol. The van der Waals surface area contributed by atoms with Crippen molar-refractivity contribution in [3.8, 4) is 0 Å². The summed E-state index contributed by atoms with van der Waals surface area (Å²) >= 11 is 0. The number of aliphatic hydroxyl groups is 1. The molecule has 0 aliphatic heterocycles. The fraction of sp³-hybridized carbons (Fsp3) is 0.833. The van der Waals surface area contributed by atoms with Gasteiger partial charge < -0.3 is 32.7 Å². The average Bonchev–Trinajstić information content (AvgIpc) is 2.28. The van der Waals surface area contributed by atoms with Gasteiger partial charge in [-0.1, -0.05) is 13.3 Å². The van der Waals surface area contributed by atoms with Crippen LogP contribution in [0.15, 0.2) is 0 Å². The van der Waals surface area contributed by atoms with Gasteiger partial charge in [0.1, 0.15) is 6.04 Å². The smallest absolute Gasteiger partial charge is 0.320 e. The van der Waals surface area contributed by atoms with Gasteiger partial charge in [0, 0.05) is 13.0 Å². The van der Waals surface area contributed by atoms with Crippen LogP contribution in [0, 0.1) is 0 Å². The number of primary amides is 1. The zero-order valence-corrected chi connectivity index (χ0v) is 12.2. The lowest BCUT2D eigenvalue weighted by Crippen LogP contribution is -2.40. The van der Waals surface area contributed by atoms with Gasteiger partial charge >= 0.3 is 5.97 Å². The topological polar surface area (TPSA) is 165 Å². The number of carbonyl (C=O) groups is 2. The van der Waals surface area contributed by atoms with E-state index < -0.39 is 24.0 Å². The molecule has 0 aliphatic rings. The number of rotatable bonds is 9. The molecule has 2 atom stereocenters. The largest absolute Gasteiger partial charge is 0.480 e. The molecule has 8 heteroatoms. The quantitative estimate of drug-likeness (QED) is 0.287. The maximum atomic E-state index is 10.6. The Hall–Kier alpha value is -1.22. The summed E-state index contributed by atoms with van der Waals surface area (Å²) in [5, 5.41) is 20.2. The van der Waals surface area contributed by atoms with Crippen LogP contribution in [0.3, 0.4) is 0 Å². The molecule has 0 heterocycles. The van der Waals surface area contributed by atoms with Crippen LogP contribution in [0.4, 0.5) is 0 Å². The minimum Gasteiger partial charge on any atom is -0.480 e. The first-order valence-corrected chi connectivity index (χ1v) is 6.64. The number of carboxylic acids is 1. The zero-order valence-electron chi connectivity index (χ0n) is 12.2. The van der Waals surface area contributed by atoms with E-state index in [1.807, 2.05) is 0 Å². The highest BCUT2D eigenvalue weighted by atomic mass is 16.4. The molecular weight excluding hydrogens is 264 g/mol. The van der Waals surface area contributed by atoms with Gasteiger partial charge in [-0.25, -0.2) is 0 Å². The summed E-state index contributed by atoms with van der Waals surface area (Å²) in [7, 11) is 0. The van der Waals surface area contributed by atoms with Gasteiger partial charge in [-0.05, 0) is 19.8 Å². The van der Waals surface area contributed by atoms with Crippen molar-refractivity contribution in [1.82, 2.24) is 5.32 Å². The fourth-order valence-corrected chi connectivity index (χ4v) is 1.25. The monoisotopic (exact) mass is 292 g/mol. The predicted octanol–water partition coefficient (Wildman–Crippen LogP) is -1.29. The number of nitrogens with one attached hydrogen (secondary N) is 1. The standard InChI is InChI=1S/C8H16N2O4.C4H12N2/c1-5(11)4-10-6(8(13)14)2-3-7(9)12;1-2-3-4(5)6/h5-6,10-11H,2-4H2,1H3,(H2,9,12)(H,13,14);4H,2-3,5-6H2,1H3. The van der Waals surface area contributed by atoms with Crippen LogP contribution >= 0.6 is 0 Å². The second-order valence-corrected chi connectivity index (χ2v) is 4.61. The Morgan fingerprint density at radius 1 is 1.25 bits per heavy atom. The molecule has 8 nitrogen and oxygen atoms in total. The minimum atomic E-state index is -1.05. The first-order valence-electron chi connectivity index (χ1n) is 6.64. The van der Waals surface area contributed by atoms with Gasteiger partial charge in [0.05, 0.1) is 12.3 Å². The highest BCUT2D eigenvalue weighted by Crippen LogP contribution is 1.97. The van der Waals surface area contributed by atoms with Crippen molar-refractivity contribution >= 4 is 11.9 Å². The third-order valence-electron chi connectivity index (χ3n) is 2.26. The number of carbonyl (C=O) groups excluding carboxylic acids is 1. The molecule has 2 unspecified atom stereocenters. The number of aliphatic carboxylic acids is 1. The summed E-state index contributed by atoms with van der Waals surface area (Å²) in [4.78, 5) is 21.0. The number of amides is 1. The Labute approximate surface area is 119 Å². The van der Waals surface area contributed by atoms with E-state index in [9.17, 15) is 9.59 Å². The van der Waals surface area contributed by atoms with Crippen LogP contribution in [-0.2, 0) is 9.59 Å². The Balaban J connectivity index is 0. The van der Waals surface area contributed by atoms with Crippen LogP contribution in [0.25, 0.3) is 0 Å². The summed E-state index contributed by atoms with van der Waals surface area (Å²) < 4.78 is 0. The van der Waals surface area contributed by atoms with Gasteiger partial charge in [0.2, 0.25) is 5.91 Å². The molecule has 0 saturated heterocycles. The molecule has 120 valence electrons. The summed E-state index contributed by atoms with van der Waals surface area (Å²) in [5.41, 5.74) is 15.2. The van der Waals surface area contributed by atoms with Crippen molar-refractivity contribution in [3.63, 3.8) is 0 Å². The van der Waals surface area contributed by atoms with E-state index in [1.54, 1.807) is 6.92 Å². The van der Waals surface area contributed by atoms with E-state index in [1.165, 1.54) is 0 Å². The number of hydrogen-bond donors (Lipinski definition) is 6. The van der Waals surface area contributed by atoms with Gasteiger partial charge in [-0.2, -0.15) is 0 Å². The number of aliphatic hydroxyl groups excluding tert-OH is 1. The first kappa shape index (κ1) is 21.1. The third-order valence-corrected chi connectivity index (χ3v) is 2.26. The highest BCUT2D eigenvalue weighted by Gasteiger charge is 2.17. The van der Waals surface area contributed by atoms with Gasteiger partial charge in [0.25, 0.3) is 0 Å². The Bertz CT molecular complexity index is 272. The minimum absolute atomic E-state index is 0.0176. The molecule has 9 N–H and O–H groups in total. The molecule has 0 aromatic carbocycles. The van der Waals surface area contributed by atoms with Crippen molar-refractivity contribution in [2.75, 3.05) is 6.54 Å². The molecule has 0 aromatic rings. The maximum Gasteiger partial charge on any atom is 0.320 e. The van der Waals surface area contributed by atoms with Crippen LogP contribution in [0.5, 0.6) is 0 Å². The molecule has 0 aliphatic carbocycles. The zero-order chi connectivity index (χ0) is 16.1. The molecule has 0 bridgehead atoms. The van der Waals surface area contributed by atoms with Crippen LogP contribution in [0.2, 0.25) is 0 Å². The molecular formula is C12H28N4O4. The number of nitrogens with two attached hydrogens (primary N) is 3. The molecule has 0 radical (unpaired) electrons. The molecule has 0 spiro atoms. The third kappa shape index (κ3) is 16.8. The molecule has 0 aromatic heterocycles. The molecule has 0 rings (SSSR count). The van der Waals surface area contributed by atoms with E-state index in [2.05, 4.69) is 12.2 Å². The lowest BCUT2D eigenvalue weighted by Gasteiger charge is -2.14. The second kappa shape index (κ2) is 12.8. The van der Waals surface area contributed by atoms with Crippen molar-refractivity contribution in [2.24, 2.45) is 17.2 Å². The second-order valence-electron chi connectivity index (χ2n) is 4.61. The van der Waals surface area contributed by atoms with Crippen molar-refractivity contribution in [1.29, 1.82) is 0 Å². The summed E-state index contributed by atoms with van der Waals surface area (Å²) in [5.74, 6) is -1.58. The molecule has 0 saturated carbocycles. The lowest BCUT2D eigenvalue weighted by molar-refractivity contribution is -0.139. The van der Waals surface area contributed by atoms with Gasteiger partial charge in [-0.3, -0.25) is 9.59 Å². The summed E-state index contributed by atoms with van der Waals surface area (Å²) in [6.07, 6.45) is 1.44. The normalized spacial score (nSPS) is 13.3. The molecule has 1 amide bonds. The van der Waals surface area contributed by atoms with Crippen LogP contribution in [0.1, 0.15) is 39.5 Å². The van der Waals surface area contributed by atoms with Crippen LogP contribution in [-0.4, -0.2) is 46.9 Å². The van der Waals surface area contributed by atoms with E-state index in [0.717, 1.165) is 12.8 Å². The van der Waals surface area contributed by atoms with Gasteiger partial charge in [0.15, 0.2) is 0 Å². The van der Waals surface area contributed by atoms with E-state index in [4.69, 9.17) is 27.4 Å².